The molecule has 37 heavy (non-hydrogen) atoms. The number of ether oxygens (including phenoxy) is 2. The summed E-state index contributed by atoms with van der Waals surface area (Å²) in [5.74, 6) is 0.627. The predicted octanol–water partition coefficient (Wildman–Crippen LogP) is 6.54. The van der Waals surface area contributed by atoms with Crippen LogP contribution in [0.5, 0.6) is 5.75 Å². The van der Waals surface area contributed by atoms with Crippen molar-refractivity contribution in [3.8, 4) is 5.75 Å². The van der Waals surface area contributed by atoms with Gasteiger partial charge in [-0.15, -0.1) is 11.3 Å². The number of carbonyl (C=O) groups is 3. The summed E-state index contributed by atoms with van der Waals surface area (Å²) < 4.78 is 9.73. The van der Waals surface area contributed by atoms with Crippen molar-refractivity contribution < 1.29 is 29.0 Å². The van der Waals surface area contributed by atoms with Crippen molar-refractivity contribution in [2.45, 2.75) is 65.7 Å². The van der Waals surface area contributed by atoms with Crippen LogP contribution in [-0.2, 0) is 22.4 Å². The second-order valence-corrected chi connectivity index (χ2v) is 11.1. The Balaban J connectivity index is 0.000000337. The van der Waals surface area contributed by atoms with E-state index in [0.717, 1.165) is 67.4 Å². The van der Waals surface area contributed by atoms with Crippen LogP contribution < -0.4 is 10.1 Å². The first-order valence-electron chi connectivity index (χ1n) is 12.7. The van der Waals surface area contributed by atoms with Crippen LogP contribution in [0.2, 0.25) is 0 Å². The number of aromatic carboxylic acids is 1. The lowest BCUT2D eigenvalue weighted by Crippen LogP contribution is -2.26. The lowest BCUT2D eigenvalue weighted by atomic mass is 9.72. The van der Waals surface area contributed by atoms with Crippen molar-refractivity contribution in [2.24, 2.45) is 11.3 Å². The molecule has 0 aliphatic heterocycles. The molecule has 2 aromatic rings. The molecule has 0 radical (unpaired) electrons. The molecule has 3 rings (SSSR count). The number of fused-ring (bicyclic) bond motifs is 1. The molecule has 2 N–H and O–H groups in total. The number of benzene rings is 1. The summed E-state index contributed by atoms with van der Waals surface area (Å²) in [7, 11) is 5.05. The molecule has 206 valence electrons. The molecule has 1 aliphatic carbocycles. The third kappa shape index (κ3) is 11.1. The first kappa shape index (κ1) is 32.3. The van der Waals surface area contributed by atoms with E-state index in [1.807, 2.05) is 0 Å². The van der Waals surface area contributed by atoms with Crippen LogP contribution in [0.4, 0.5) is 5.00 Å². The van der Waals surface area contributed by atoms with Crippen LogP contribution in [0, 0.1) is 11.3 Å². The molecule has 0 saturated carbocycles. The molecular formula is C29H43NO6S. The van der Waals surface area contributed by atoms with E-state index in [9.17, 15) is 19.5 Å². The van der Waals surface area contributed by atoms with Crippen LogP contribution in [-0.4, -0.2) is 51.5 Å². The van der Waals surface area contributed by atoms with Crippen molar-refractivity contribution in [1.82, 2.24) is 0 Å². The zero-order valence-corrected chi connectivity index (χ0v) is 23.9. The maximum absolute atomic E-state index is 11.4. The fraction of sp³-hybridized carbons (Fsp3) is 0.552. The Labute approximate surface area is 225 Å². The average Bonchev–Trinajstić information content (AvgIpc) is 3.25. The average molecular weight is 534 g/mol. The first-order valence-corrected chi connectivity index (χ1v) is 13.5. The molecule has 8 heteroatoms. The van der Waals surface area contributed by atoms with Gasteiger partial charge in [0, 0.05) is 38.1 Å². The lowest BCUT2D eigenvalue weighted by molar-refractivity contribution is -0.107. The largest absolute Gasteiger partial charge is 0.494 e. The molecule has 1 aromatic heterocycles. The first-order chi connectivity index (χ1) is 17.6. The molecule has 0 bridgehead atoms. The van der Waals surface area contributed by atoms with E-state index in [1.54, 1.807) is 56.9 Å². The van der Waals surface area contributed by atoms with E-state index in [-0.39, 0.29) is 0 Å². The van der Waals surface area contributed by atoms with Gasteiger partial charge in [-0.05, 0) is 79.7 Å². The number of methoxy groups -OCH3 is 1. The second kappa shape index (κ2) is 16.9. The fourth-order valence-electron chi connectivity index (χ4n) is 4.07. The molecule has 1 aliphatic rings. The van der Waals surface area contributed by atoms with Crippen molar-refractivity contribution in [3.05, 3.63) is 45.8 Å². The minimum Gasteiger partial charge on any atom is -0.494 e. The zero-order chi connectivity index (χ0) is 27.8. The molecule has 1 aromatic carbocycles. The lowest BCUT2D eigenvalue weighted by Gasteiger charge is -2.33. The summed E-state index contributed by atoms with van der Waals surface area (Å²) in [6, 6.07) is 7.04. The van der Waals surface area contributed by atoms with E-state index in [0.29, 0.717) is 35.5 Å². The maximum atomic E-state index is 11.4. The van der Waals surface area contributed by atoms with Crippen LogP contribution in [0.3, 0.4) is 0 Å². The Bertz CT molecular complexity index is 962. The topological polar surface area (TPSA) is 102 Å². The van der Waals surface area contributed by atoms with E-state index >= 15 is 0 Å². The number of anilines is 1. The van der Waals surface area contributed by atoms with Gasteiger partial charge in [0.25, 0.3) is 0 Å². The third-order valence-corrected chi connectivity index (χ3v) is 7.45. The number of unbranched alkanes of at least 4 members (excludes halogenated alkanes) is 3. The predicted molar refractivity (Wildman–Crippen MR) is 151 cm³/mol. The van der Waals surface area contributed by atoms with Gasteiger partial charge >= 0.3 is 5.97 Å². The van der Waals surface area contributed by atoms with Crippen molar-refractivity contribution in [2.75, 3.05) is 33.2 Å². The Morgan fingerprint density at radius 1 is 1.14 bits per heavy atom. The smallest absolute Gasteiger partial charge is 0.338 e. The van der Waals surface area contributed by atoms with Gasteiger partial charge in [-0.1, -0.05) is 20.8 Å². The van der Waals surface area contributed by atoms with Crippen LogP contribution in [0.25, 0.3) is 0 Å². The number of carboxylic acids is 1. The number of nitrogens with one attached hydrogen (secondary N) is 1. The fourth-order valence-corrected chi connectivity index (χ4v) is 5.34. The van der Waals surface area contributed by atoms with Crippen molar-refractivity contribution >= 4 is 34.9 Å². The van der Waals surface area contributed by atoms with E-state index in [4.69, 9.17) is 4.74 Å². The molecule has 1 atom stereocenters. The summed E-state index contributed by atoms with van der Waals surface area (Å²) >= 11 is 1.62. The SMILES string of the molecule is CNc1sc2c(c1C(=O)O)CCC(C(C)(C)C)C2.COC.O=CCCCCCOc1ccc(C=O)cc1. The summed E-state index contributed by atoms with van der Waals surface area (Å²) in [6.45, 7) is 7.47. The van der Waals surface area contributed by atoms with Crippen molar-refractivity contribution in [1.29, 1.82) is 0 Å². The molecule has 0 spiro atoms. The van der Waals surface area contributed by atoms with Gasteiger partial charge in [-0.2, -0.15) is 0 Å². The van der Waals surface area contributed by atoms with Crippen molar-refractivity contribution in [3.63, 3.8) is 0 Å². The number of thiophene rings is 1. The van der Waals surface area contributed by atoms with E-state index in [2.05, 4.69) is 30.8 Å². The van der Waals surface area contributed by atoms with Gasteiger partial charge in [0.2, 0.25) is 0 Å². The molecule has 1 unspecified atom stereocenters. The Hall–Kier alpha value is -2.71. The Morgan fingerprint density at radius 3 is 2.30 bits per heavy atom. The highest BCUT2D eigenvalue weighted by molar-refractivity contribution is 7.16. The van der Waals surface area contributed by atoms with Gasteiger partial charge in [0.05, 0.1) is 12.2 Å². The van der Waals surface area contributed by atoms with Gasteiger partial charge in [-0.3, -0.25) is 4.79 Å². The van der Waals surface area contributed by atoms with Crippen LogP contribution in [0.15, 0.2) is 24.3 Å². The zero-order valence-electron chi connectivity index (χ0n) is 23.1. The maximum Gasteiger partial charge on any atom is 0.338 e. The van der Waals surface area contributed by atoms with Gasteiger partial charge in [0.15, 0.2) is 0 Å². The summed E-state index contributed by atoms with van der Waals surface area (Å²) in [5, 5.41) is 13.2. The highest BCUT2D eigenvalue weighted by Crippen LogP contribution is 2.44. The number of hydrogen-bond donors (Lipinski definition) is 2. The van der Waals surface area contributed by atoms with Gasteiger partial charge in [-0.25, -0.2) is 4.79 Å². The number of hydrogen-bond acceptors (Lipinski definition) is 7. The van der Waals surface area contributed by atoms with E-state index in [1.165, 1.54) is 4.88 Å². The summed E-state index contributed by atoms with van der Waals surface area (Å²) in [6.07, 6.45) is 8.28. The summed E-state index contributed by atoms with van der Waals surface area (Å²) in [5.41, 5.74) is 2.52. The molecule has 0 fully saturated rings. The molecule has 0 saturated heterocycles. The molecule has 0 amide bonds. The minimum absolute atomic E-state index is 0.297. The Kier molecular flexibility index (Phi) is 14.8. The van der Waals surface area contributed by atoms with Crippen LogP contribution >= 0.6 is 11.3 Å². The number of carboxylic acid groups (broad SMARTS) is 1. The molecule has 7 nitrogen and oxygen atoms in total. The second-order valence-electron chi connectivity index (χ2n) is 10.0. The Morgan fingerprint density at radius 2 is 1.78 bits per heavy atom. The quantitative estimate of drug-likeness (QED) is 0.264. The number of aldehydes is 2. The highest BCUT2D eigenvalue weighted by Gasteiger charge is 2.33. The van der Waals surface area contributed by atoms with Crippen LogP contribution in [0.1, 0.15) is 84.0 Å². The monoisotopic (exact) mass is 533 g/mol. The van der Waals surface area contributed by atoms with Gasteiger partial charge < -0.3 is 24.7 Å². The standard InChI is InChI=1S/C14H21NO2S.C13H16O3.C2H6O/c1-14(2,3)8-5-6-9-10(7-8)18-12(15-4)11(9)13(16)17;14-9-3-1-2-4-10-16-13-7-5-12(11-15)6-8-13;1-3-2/h8,15H,5-7H2,1-4H3,(H,16,17);5-9,11H,1-4,10H2;1-2H3. The minimum atomic E-state index is -0.800. The van der Waals surface area contributed by atoms with Gasteiger partial charge in [0.1, 0.15) is 23.3 Å². The highest BCUT2D eigenvalue weighted by atomic mass is 32.1. The van der Waals surface area contributed by atoms with E-state index < -0.39 is 5.97 Å². The third-order valence-electron chi connectivity index (χ3n) is 6.18. The normalized spacial score (nSPS) is 14.2. The summed E-state index contributed by atoms with van der Waals surface area (Å²) in [4.78, 5) is 33.1. The number of rotatable bonds is 10. The molecular weight excluding hydrogens is 490 g/mol. The molecule has 1 heterocycles. The number of carbonyl (C=O) groups excluding carboxylic acids is 2.